The van der Waals surface area contributed by atoms with Crippen LogP contribution in [0.3, 0.4) is 0 Å². The van der Waals surface area contributed by atoms with Crippen LogP contribution in [-0.4, -0.2) is 27.6 Å². The molecule has 2 nitrogen and oxygen atoms in total. The van der Waals surface area contributed by atoms with Crippen molar-refractivity contribution in [2.24, 2.45) is 5.73 Å². The summed E-state index contributed by atoms with van der Waals surface area (Å²) in [6.07, 6.45) is 1.52. The average molecular weight is 251 g/mol. The Morgan fingerprint density at radius 1 is 1.39 bits per heavy atom. The summed E-state index contributed by atoms with van der Waals surface area (Å²) in [4.78, 5) is 12.4. The molecule has 0 spiro atoms. The summed E-state index contributed by atoms with van der Waals surface area (Å²) < 4.78 is 0. The van der Waals surface area contributed by atoms with Crippen LogP contribution >= 0.6 is 11.5 Å². The fourth-order valence-corrected chi connectivity index (χ4v) is 3.45. The minimum absolute atomic E-state index is 0.166. The molecule has 0 amide bonds. The number of carbonyl (C=O) groups excluding carboxylic acids is 1. The molecule has 2 atom stereocenters. The van der Waals surface area contributed by atoms with Crippen molar-refractivity contribution in [1.29, 1.82) is 0 Å². The molecule has 2 aliphatic rings. The van der Waals surface area contributed by atoms with E-state index in [1.54, 1.807) is 12.1 Å². The van der Waals surface area contributed by atoms with Crippen LogP contribution in [0, 0.1) is 0 Å². The number of halogens is 1. The first-order valence-corrected chi connectivity index (χ1v) is 6.18. The molecule has 0 fully saturated rings. The number of Topliss-reactive ketones (excluding diaryl/α,β-unsaturated/α-hetero) is 1. The van der Waals surface area contributed by atoms with Crippen LogP contribution < -0.4 is 11.2 Å². The number of carbonyl (C=O) groups is 1. The van der Waals surface area contributed by atoms with Gasteiger partial charge in [0.2, 0.25) is 0 Å². The number of ketones is 1. The van der Waals surface area contributed by atoms with Gasteiger partial charge in [-0.3, -0.25) is 4.79 Å². The first-order valence-electron chi connectivity index (χ1n) is 5.74. The van der Waals surface area contributed by atoms with Crippen molar-refractivity contribution >= 4 is 44.5 Å². The minimum Gasteiger partial charge on any atom is -0.316 e. The highest BCUT2D eigenvalue weighted by molar-refractivity contribution is 7.19. The number of benzene rings is 1. The lowest BCUT2D eigenvalue weighted by molar-refractivity contribution is -0.121. The molecule has 84 valence electrons. The first-order chi connectivity index (χ1) is 8.43. The van der Waals surface area contributed by atoms with E-state index in [-0.39, 0.29) is 11.3 Å². The third-order valence-corrected chi connectivity index (χ3v) is 4.75. The monoisotopic (exact) mass is 251 g/mol. The number of fused-ring (bicyclic) bond motifs is 3. The van der Waals surface area contributed by atoms with Crippen molar-refractivity contribution in [3.05, 3.63) is 41.4 Å². The molecule has 0 bridgehead atoms. The number of hydrogen-bond acceptors (Lipinski definition) is 2. The number of allylic oxidation sites excluding steroid dienone is 1. The van der Waals surface area contributed by atoms with Gasteiger partial charge in [-0.2, -0.15) is 11.5 Å². The zero-order valence-electron chi connectivity index (χ0n) is 9.69. The van der Waals surface area contributed by atoms with E-state index < -0.39 is 16.9 Å². The third kappa shape index (κ3) is 1.14. The number of rotatable bonds is 0. The maximum atomic E-state index is 12.4. The second kappa shape index (κ2) is 3.55. The Morgan fingerprint density at radius 3 is 2.78 bits per heavy atom. The Hall–Kier alpha value is -0.925. The highest BCUT2D eigenvalue weighted by Gasteiger charge is 2.63. The van der Waals surface area contributed by atoms with Crippen LogP contribution in [0.25, 0.3) is 0 Å². The lowest BCUT2D eigenvalue weighted by Crippen LogP contribution is -2.57. The molecule has 18 heavy (non-hydrogen) atoms. The van der Waals surface area contributed by atoms with Gasteiger partial charge in [-0.1, -0.05) is 41.3 Å². The van der Waals surface area contributed by atoms with Crippen molar-refractivity contribution in [2.45, 2.75) is 17.2 Å². The van der Waals surface area contributed by atoms with E-state index in [4.69, 9.17) is 32.9 Å². The summed E-state index contributed by atoms with van der Waals surface area (Å²) in [6, 6.07) is 7.35. The number of nitrogens with two attached hydrogens (primary N) is 1. The molecule has 1 aromatic carbocycles. The predicted octanol–water partition coefficient (Wildman–Crippen LogP) is 0.183. The molecule has 2 N–H and O–H groups in total. The predicted molar refractivity (Wildman–Crippen MR) is 75.5 cm³/mol. The standard InChI is InChI=1S/C12H9B3ClNO/c13-8-5-6-11(14)12(17,10(8)18)7-3-1-2-4-9(7)15(11)16/h1-5H,6,17H2. The molecule has 1 aromatic rings. The van der Waals surface area contributed by atoms with Gasteiger partial charge in [-0.05, 0) is 17.2 Å². The van der Waals surface area contributed by atoms with Gasteiger partial charge in [-0.25, -0.2) is 0 Å². The lowest BCUT2D eigenvalue weighted by Gasteiger charge is -2.44. The van der Waals surface area contributed by atoms with E-state index in [9.17, 15) is 4.79 Å². The van der Waals surface area contributed by atoms with E-state index in [1.165, 1.54) is 0 Å². The van der Waals surface area contributed by atoms with E-state index in [0.29, 0.717) is 12.0 Å². The quantitative estimate of drug-likeness (QED) is 0.668. The van der Waals surface area contributed by atoms with Crippen molar-refractivity contribution in [2.75, 3.05) is 0 Å². The molecule has 0 saturated heterocycles. The highest BCUT2D eigenvalue weighted by Crippen LogP contribution is 2.55. The molecular formula is C12H9B3ClNO. The summed E-state index contributed by atoms with van der Waals surface area (Å²) in [7, 11) is 12.1. The Labute approximate surface area is 114 Å². The maximum Gasteiger partial charge on any atom is 0.284 e. The van der Waals surface area contributed by atoms with E-state index in [2.05, 4.69) is 0 Å². The fourth-order valence-electron chi connectivity index (χ4n) is 3.00. The van der Waals surface area contributed by atoms with E-state index in [0.717, 1.165) is 5.46 Å². The topological polar surface area (TPSA) is 43.1 Å². The second-order valence-corrected chi connectivity index (χ2v) is 5.43. The fraction of sp³-hybridized carbons (Fsp3) is 0.250. The van der Waals surface area contributed by atoms with Crippen LogP contribution in [-0.2, 0) is 10.3 Å². The Bertz CT molecular complexity index is 590. The molecule has 1 aliphatic heterocycles. The minimum atomic E-state index is -1.32. The Morgan fingerprint density at radius 2 is 2.06 bits per heavy atom. The largest absolute Gasteiger partial charge is 0.316 e. The molecule has 0 saturated carbocycles. The lowest BCUT2D eigenvalue weighted by atomic mass is 9.34. The molecule has 3 rings (SSSR count). The second-order valence-electron chi connectivity index (χ2n) is 4.99. The summed E-state index contributed by atoms with van der Waals surface area (Å²) >= 11 is 6.43. The normalized spacial score (nSPS) is 34.0. The Balaban J connectivity index is 2.33. The first kappa shape index (κ1) is 12.1. The van der Waals surface area contributed by atoms with Gasteiger partial charge in [0.15, 0.2) is 5.78 Å². The van der Waals surface area contributed by atoms with E-state index in [1.807, 2.05) is 18.2 Å². The smallest absolute Gasteiger partial charge is 0.284 e. The summed E-state index contributed by atoms with van der Waals surface area (Å²) in [5.41, 5.74) is 6.70. The van der Waals surface area contributed by atoms with Gasteiger partial charge >= 0.3 is 0 Å². The van der Waals surface area contributed by atoms with Crippen molar-refractivity contribution in [3.63, 3.8) is 0 Å². The van der Waals surface area contributed by atoms with Gasteiger partial charge in [0.25, 0.3) is 6.13 Å². The van der Waals surface area contributed by atoms with Crippen molar-refractivity contribution in [3.8, 4) is 0 Å². The molecule has 1 heterocycles. The number of hydrogen-bond donors (Lipinski definition) is 1. The molecular weight excluding hydrogens is 242 g/mol. The van der Waals surface area contributed by atoms with Crippen LogP contribution in [0.15, 0.2) is 35.8 Å². The van der Waals surface area contributed by atoms with Crippen molar-refractivity contribution in [1.82, 2.24) is 0 Å². The third-order valence-electron chi connectivity index (χ3n) is 4.13. The van der Waals surface area contributed by atoms with Gasteiger partial charge < -0.3 is 5.73 Å². The molecule has 1 aliphatic carbocycles. The summed E-state index contributed by atoms with van der Waals surface area (Å²) in [6.45, 7) is 0. The highest BCUT2D eigenvalue weighted by atomic mass is 35.5. The SMILES string of the molecule is [B]C1=CCC2([B])B(Cl)c3ccccc3C2(N)C1=O. The van der Waals surface area contributed by atoms with Crippen LogP contribution in [0.5, 0.6) is 0 Å². The summed E-state index contributed by atoms with van der Waals surface area (Å²) in [5, 5.41) is -1.02. The van der Waals surface area contributed by atoms with Gasteiger partial charge in [0.05, 0.1) is 13.4 Å². The molecule has 6 heteroatoms. The maximum absolute atomic E-state index is 12.4. The average Bonchev–Trinajstić information content (AvgIpc) is 2.56. The zero-order valence-corrected chi connectivity index (χ0v) is 10.4. The van der Waals surface area contributed by atoms with Crippen LogP contribution in [0.1, 0.15) is 12.0 Å². The van der Waals surface area contributed by atoms with Crippen molar-refractivity contribution < 1.29 is 4.79 Å². The van der Waals surface area contributed by atoms with Crippen LogP contribution in [0.2, 0.25) is 5.21 Å². The van der Waals surface area contributed by atoms with E-state index >= 15 is 0 Å². The molecule has 4 radical (unpaired) electrons. The van der Waals surface area contributed by atoms with Gasteiger partial charge in [0, 0.05) is 0 Å². The zero-order chi connectivity index (χ0) is 13.1. The van der Waals surface area contributed by atoms with Gasteiger partial charge in [0.1, 0.15) is 7.85 Å². The summed E-state index contributed by atoms with van der Waals surface area (Å²) in [5.74, 6) is -0.341. The van der Waals surface area contributed by atoms with Gasteiger partial charge in [-0.15, -0.1) is 0 Å². The molecule has 2 unspecified atom stereocenters. The Kier molecular flexibility index (Phi) is 2.39. The molecule has 0 aromatic heterocycles. The van der Waals surface area contributed by atoms with Crippen LogP contribution in [0.4, 0.5) is 0 Å².